The number of carbonyl (C=O) groups is 1. The number of fused-ring (bicyclic) bond motifs is 1. The highest BCUT2D eigenvalue weighted by molar-refractivity contribution is 6.35. The first kappa shape index (κ1) is 19.4. The van der Waals surface area contributed by atoms with Crippen molar-refractivity contribution in [3.05, 3.63) is 94.2 Å². The zero-order valence-electron chi connectivity index (χ0n) is 15.9. The predicted molar refractivity (Wildman–Crippen MR) is 116 cm³/mol. The van der Waals surface area contributed by atoms with E-state index < -0.39 is 0 Å². The van der Waals surface area contributed by atoms with Crippen LogP contribution in [0.4, 0.5) is 0 Å². The summed E-state index contributed by atoms with van der Waals surface area (Å²) in [4.78, 5) is 25.5. The molecule has 9 heteroatoms. The maximum absolute atomic E-state index is 13.2. The molecule has 0 fully saturated rings. The van der Waals surface area contributed by atoms with Crippen molar-refractivity contribution in [2.24, 2.45) is 0 Å². The van der Waals surface area contributed by atoms with Crippen LogP contribution < -0.4 is 0 Å². The maximum atomic E-state index is 13.2. The molecule has 0 saturated heterocycles. The van der Waals surface area contributed by atoms with E-state index in [4.69, 9.17) is 27.7 Å². The van der Waals surface area contributed by atoms with Crippen molar-refractivity contribution >= 4 is 39.9 Å². The Bertz CT molecular complexity index is 1410. The first-order valence-electron chi connectivity index (χ1n) is 9.28. The first-order chi connectivity index (χ1) is 15.1. The highest BCUT2D eigenvalue weighted by atomic mass is 35.5. The highest BCUT2D eigenvalue weighted by Crippen LogP contribution is 2.27. The van der Waals surface area contributed by atoms with Crippen LogP contribution in [0.1, 0.15) is 21.8 Å². The van der Waals surface area contributed by atoms with Gasteiger partial charge in [-0.2, -0.15) is 4.98 Å². The Kier molecular flexibility index (Phi) is 4.97. The zero-order chi connectivity index (χ0) is 21.4. The molecule has 0 bridgehead atoms. The van der Waals surface area contributed by atoms with Crippen molar-refractivity contribution in [3.63, 3.8) is 0 Å². The number of rotatable bonds is 5. The van der Waals surface area contributed by atoms with Crippen molar-refractivity contribution in [1.29, 1.82) is 0 Å². The van der Waals surface area contributed by atoms with Crippen LogP contribution in [-0.4, -0.2) is 30.5 Å². The van der Waals surface area contributed by atoms with E-state index in [1.807, 2.05) is 34.9 Å². The van der Waals surface area contributed by atoms with E-state index in [0.717, 1.165) is 16.5 Å². The third-order valence-electron chi connectivity index (χ3n) is 4.78. The molecule has 31 heavy (non-hydrogen) atoms. The molecule has 0 aliphatic rings. The number of para-hydroxylation sites is 1. The topological polar surface area (TPSA) is 86.7 Å². The summed E-state index contributed by atoms with van der Waals surface area (Å²) in [6.07, 6.45) is 4.90. The molecular formula is C22H13Cl2N5O2. The molecule has 0 atom stereocenters. The standard InChI is InChI=1S/C22H13Cl2N5O2/c23-14-7-6-13(17(24)10-14)11-29-12-16(15-4-1-2-5-18(15)29)19(30)22-27-21(28-31-22)20-25-8-3-9-26-20/h1-10,12H,11H2. The van der Waals surface area contributed by atoms with Gasteiger partial charge in [0.25, 0.3) is 11.7 Å². The van der Waals surface area contributed by atoms with Gasteiger partial charge in [-0.3, -0.25) is 4.79 Å². The Labute approximate surface area is 186 Å². The third kappa shape index (κ3) is 3.69. The number of hydrogen-bond donors (Lipinski definition) is 0. The summed E-state index contributed by atoms with van der Waals surface area (Å²) >= 11 is 12.4. The number of halogens is 2. The molecular weight excluding hydrogens is 437 g/mol. The van der Waals surface area contributed by atoms with E-state index in [0.29, 0.717) is 22.2 Å². The van der Waals surface area contributed by atoms with Crippen LogP contribution in [0.25, 0.3) is 22.6 Å². The number of benzene rings is 2. The fraction of sp³-hybridized carbons (Fsp3) is 0.0455. The van der Waals surface area contributed by atoms with E-state index in [2.05, 4.69) is 20.1 Å². The van der Waals surface area contributed by atoms with Gasteiger partial charge in [0, 0.05) is 46.1 Å². The van der Waals surface area contributed by atoms with E-state index in [1.54, 1.807) is 36.8 Å². The predicted octanol–water partition coefficient (Wildman–Crippen LogP) is 5.07. The Morgan fingerprint density at radius 1 is 1.00 bits per heavy atom. The summed E-state index contributed by atoms with van der Waals surface area (Å²) in [7, 11) is 0. The fourth-order valence-corrected chi connectivity index (χ4v) is 3.80. The Hall–Kier alpha value is -3.55. The molecule has 0 aliphatic heterocycles. The molecule has 2 aromatic carbocycles. The molecule has 0 N–H and O–H groups in total. The van der Waals surface area contributed by atoms with Crippen LogP contribution in [0, 0.1) is 0 Å². The zero-order valence-corrected chi connectivity index (χ0v) is 17.4. The molecule has 0 saturated carbocycles. The summed E-state index contributed by atoms with van der Waals surface area (Å²) in [5, 5.41) is 5.73. The van der Waals surface area contributed by atoms with Gasteiger partial charge < -0.3 is 9.09 Å². The largest absolute Gasteiger partial charge is 0.342 e. The molecule has 5 aromatic rings. The SMILES string of the molecule is O=C(c1nc(-c2ncccn2)no1)c1cn(Cc2ccc(Cl)cc2Cl)c2ccccc12. The van der Waals surface area contributed by atoms with Crippen LogP contribution in [-0.2, 0) is 6.54 Å². The van der Waals surface area contributed by atoms with Gasteiger partial charge in [-0.15, -0.1) is 0 Å². The van der Waals surface area contributed by atoms with Crippen molar-refractivity contribution < 1.29 is 9.32 Å². The third-order valence-corrected chi connectivity index (χ3v) is 5.36. The molecule has 0 radical (unpaired) electrons. The second-order valence-electron chi connectivity index (χ2n) is 6.75. The lowest BCUT2D eigenvalue weighted by molar-refractivity contribution is 0.0995. The van der Waals surface area contributed by atoms with Crippen LogP contribution in [0.3, 0.4) is 0 Å². The monoisotopic (exact) mass is 449 g/mol. The van der Waals surface area contributed by atoms with Crippen LogP contribution in [0.5, 0.6) is 0 Å². The lowest BCUT2D eigenvalue weighted by Crippen LogP contribution is -2.02. The van der Waals surface area contributed by atoms with Gasteiger partial charge in [0.05, 0.1) is 5.56 Å². The van der Waals surface area contributed by atoms with Crippen LogP contribution >= 0.6 is 23.2 Å². The quantitative estimate of drug-likeness (QED) is 0.348. The number of nitrogens with zero attached hydrogens (tertiary/aromatic N) is 5. The highest BCUT2D eigenvalue weighted by Gasteiger charge is 2.23. The number of ketones is 1. The smallest absolute Gasteiger partial charge is 0.299 e. The molecule has 0 aliphatic carbocycles. The molecule has 0 spiro atoms. The van der Waals surface area contributed by atoms with Gasteiger partial charge in [0.1, 0.15) is 0 Å². The van der Waals surface area contributed by atoms with Crippen LogP contribution in [0.15, 0.2) is 71.6 Å². The van der Waals surface area contributed by atoms with Gasteiger partial charge in [0.2, 0.25) is 11.6 Å². The summed E-state index contributed by atoms with van der Waals surface area (Å²) in [6, 6.07) is 14.6. The summed E-state index contributed by atoms with van der Waals surface area (Å²) < 4.78 is 7.16. The van der Waals surface area contributed by atoms with Gasteiger partial charge in [0.15, 0.2) is 0 Å². The second kappa shape index (κ2) is 7.94. The molecule has 7 nitrogen and oxygen atoms in total. The van der Waals surface area contributed by atoms with Gasteiger partial charge in [-0.25, -0.2) is 9.97 Å². The molecule has 152 valence electrons. The Morgan fingerprint density at radius 3 is 2.61 bits per heavy atom. The normalized spacial score (nSPS) is 11.2. The molecule has 3 aromatic heterocycles. The minimum atomic E-state index is -0.383. The van der Waals surface area contributed by atoms with E-state index in [-0.39, 0.29) is 23.3 Å². The minimum absolute atomic E-state index is 0.130. The van der Waals surface area contributed by atoms with Crippen LogP contribution in [0.2, 0.25) is 10.0 Å². The average molecular weight is 450 g/mol. The Morgan fingerprint density at radius 2 is 1.81 bits per heavy atom. The van der Waals surface area contributed by atoms with Gasteiger partial charge >= 0.3 is 0 Å². The van der Waals surface area contributed by atoms with Gasteiger partial charge in [-0.1, -0.05) is 52.6 Å². The van der Waals surface area contributed by atoms with Crippen molar-refractivity contribution in [2.75, 3.05) is 0 Å². The second-order valence-corrected chi connectivity index (χ2v) is 7.59. The minimum Gasteiger partial charge on any atom is -0.342 e. The summed E-state index contributed by atoms with van der Waals surface area (Å²) in [5.74, 6) is -0.0764. The number of carbonyl (C=O) groups excluding carboxylic acids is 1. The first-order valence-corrected chi connectivity index (χ1v) is 10.0. The Balaban J connectivity index is 1.53. The lowest BCUT2D eigenvalue weighted by Gasteiger charge is -2.08. The summed E-state index contributed by atoms with van der Waals surface area (Å²) in [5.41, 5.74) is 2.21. The molecule has 5 rings (SSSR count). The van der Waals surface area contributed by atoms with Crippen molar-refractivity contribution in [3.8, 4) is 11.6 Å². The van der Waals surface area contributed by atoms with E-state index >= 15 is 0 Å². The van der Waals surface area contributed by atoms with Crippen molar-refractivity contribution in [2.45, 2.75) is 6.54 Å². The van der Waals surface area contributed by atoms with E-state index in [9.17, 15) is 4.79 Å². The lowest BCUT2D eigenvalue weighted by atomic mass is 10.1. The average Bonchev–Trinajstić information content (AvgIpc) is 3.42. The molecule has 0 amide bonds. The summed E-state index contributed by atoms with van der Waals surface area (Å²) in [6.45, 7) is 0.469. The number of aromatic nitrogens is 5. The van der Waals surface area contributed by atoms with E-state index in [1.165, 1.54) is 0 Å². The molecule has 3 heterocycles. The maximum Gasteiger partial charge on any atom is 0.299 e. The molecule has 0 unspecified atom stereocenters. The number of hydrogen-bond acceptors (Lipinski definition) is 6. The fourth-order valence-electron chi connectivity index (χ4n) is 3.33. The van der Waals surface area contributed by atoms with Crippen molar-refractivity contribution in [1.82, 2.24) is 24.7 Å². The van der Waals surface area contributed by atoms with Gasteiger partial charge in [-0.05, 0) is 29.8 Å².